The number of rotatable bonds is 1. The maximum Gasteiger partial charge on any atom is 0.264 e. The van der Waals surface area contributed by atoms with Crippen LogP contribution in [-0.4, -0.2) is 17.1 Å². The van der Waals surface area contributed by atoms with E-state index < -0.39 is 0 Å². The Bertz CT molecular complexity index is 583. The second kappa shape index (κ2) is 4.88. The minimum Gasteiger partial charge on any atom is -0.367 e. The van der Waals surface area contributed by atoms with Crippen LogP contribution < -0.4 is 10.7 Å². The lowest BCUT2D eigenvalue weighted by molar-refractivity contribution is -0.131. The van der Waals surface area contributed by atoms with E-state index in [9.17, 15) is 4.79 Å². The minimum absolute atomic E-state index is 0.0325. The predicted octanol–water partition coefficient (Wildman–Crippen LogP) is 2.60. The van der Waals surface area contributed by atoms with Gasteiger partial charge in [-0.15, -0.1) is 0 Å². The van der Waals surface area contributed by atoms with Crippen LogP contribution in [0.25, 0.3) is 0 Å². The molecule has 112 valence electrons. The molecule has 0 radical (unpaired) electrons. The van der Waals surface area contributed by atoms with Gasteiger partial charge in [-0.3, -0.25) is 9.80 Å². The standard InChI is InChI=1S/C17H23N3O/c1-11-9-16(21)20-15(18-11)10-14(19-20)12-5-7-13(8-6-12)17(2,3)4/h5-9,14-15,18-19H,10H2,1-4H3. The van der Waals surface area contributed by atoms with Gasteiger partial charge in [-0.1, -0.05) is 45.0 Å². The monoisotopic (exact) mass is 285 g/mol. The molecular formula is C17H23N3O. The molecule has 0 bridgehead atoms. The Labute approximate surface area is 126 Å². The van der Waals surface area contributed by atoms with Gasteiger partial charge in [0.15, 0.2) is 0 Å². The number of hydrogen-bond donors (Lipinski definition) is 2. The van der Waals surface area contributed by atoms with Crippen molar-refractivity contribution in [3.8, 4) is 0 Å². The minimum atomic E-state index is 0.0325. The first-order chi connectivity index (χ1) is 9.84. The summed E-state index contributed by atoms with van der Waals surface area (Å²) in [4.78, 5) is 12.0. The van der Waals surface area contributed by atoms with E-state index in [0.29, 0.717) is 0 Å². The highest BCUT2D eigenvalue weighted by Gasteiger charge is 2.37. The third kappa shape index (κ3) is 2.68. The molecule has 1 saturated heterocycles. The predicted molar refractivity (Wildman–Crippen MR) is 83.2 cm³/mol. The third-order valence-corrected chi connectivity index (χ3v) is 4.22. The van der Waals surface area contributed by atoms with Gasteiger partial charge >= 0.3 is 0 Å². The van der Waals surface area contributed by atoms with E-state index in [1.165, 1.54) is 11.1 Å². The lowest BCUT2D eigenvalue weighted by Crippen LogP contribution is -2.51. The first kappa shape index (κ1) is 14.1. The van der Waals surface area contributed by atoms with E-state index in [2.05, 4.69) is 55.8 Å². The molecule has 21 heavy (non-hydrogen) atoms. The van der Waals surface area contributed by atoms with Gasteiger partial charge in [0.2, 0.25) is 0 Å². The van der Waals surface area contributed by atoms with E-state index in [-0.39, 0.29) is 23.5 Å². The molecule has 4 heteroatoms. The smallest absolute Gasteiger partial charge is 0.264 e. The highest BCUT2D eigenvalue weighted by atomic mass is 16.2. The highest BCUT2D eigenvalue weighted by Crippen LogP contribution is 2.30. The van der Waals surface area contributed by atoms with Gasteiger partial charge in [0, 0.05) is 18.2 Å². The molecule has 3 rings (SSSR count). The molecule has 4 nitrogen and oxygen atoms in total. The molecule has 0 aliphatic carbocycles. The lowest BCUT2D eigenvalue weighted by atomic mass is 9.86. The van der Waals surface area contributed by atoms with Gasteiger partial charge in [-0.2, -0.15) is 0 Å². The third-order valence-electron chi connectivity index (χ3n) is 4.22. The van der Waals surface area contributed by atoms with Crippen LogP contribution in [0.1, 0.15) is 51.3 Å². The molecule has 2 atom stereocenters. The van der Waals surface area contributed by atoms with Crippen molar-refractivity contribution in [2.45, 2.75) is 51.7 Å². The Morgan fingerprint density at radius 2 is 1.86 bits per heavy atom. The van der Waals surface area contributed by atoms with E-state index in [1.807, 2.05) is 6.92 Å². The van der Waals surface area contributed by atoms with Gasteiger partial charge in [0.05, 0.1) is 6.04 Å². The average molecular weight is 285 g/mol. The molecule has 2 aliphatic heterocycles. The molecule has 1 aromatic rings. The zero-order valence-electron chi connectivity index (χ0n) is 13.1. The van der Waals surface area contributed by atoms with Crippen LogP contribution in [0.5, 0.6) is 0 Å². The van der Waals surface area contributed by atoms with Crippen LogP contribution in [0, 0.1) is 0 Å². The molecule has 1 aromatic carbocycles. The van der Waals surface area contributed by atoms with Crippen molar-refractivity contribution < 1.29 is 4.79 Å². The van der Waals surface area contributed by atoms with Crippen molar-refractivity contribution in [3.63, 3.8) is 0 Å². The topological polar surface area (TPSA) is 44.4 Å². The summed E-state index contributed by atoms with van der Waals surface area (Å²) in [5, 5.41) is 5.05. The zero-order valence-corrected chi connectivity index (χ0v) is 13.1. The lowest BCUT2D eigenvalue weighted by Gasteiger charge is -2.28. The van der Waals surface area contributed by atoms with Crippen LogP contribution in [0.4, 0.5) is 0 Å². The molecule has 1 amide bonds. The molecular weight excluding hydrogens is 262 g/mol. The van der Waals surface area contributed by atoms with E-state index >= 15 is 0 Å². The Morgan fingerprint density at radius 3 is 2.48 bits per heavy atom. The van der Waals surface area contributed by atoms with Crippen molar-refractivity contribution >= 4 is 5.91 Å². The summed E-state index contributed by atoms with van der Waals surface area (Å²) >= 11 is 0. The summed E-state index contributed by atoms with van der Waals surface area (Å²) < 4.78 is 0. The Balaban J connectivity index is 1.77. The number of hydrogen-bond acceptors (Lipinski definition) is 3. The fourth-order valence-corrected chi connectivity index (χ4v) is 2.97. The number of nitrogens with one attached hydrogen (secondary N) is 2. The van der Waals surface area contributed by atoms with Crippen LogP contribution in [-0.2, 0) is 10.2 Å². The number of fused-ring (bicyclic) bond motifs is 1. The second-order valence-electron chi connectivity index (χ2n) is 6.99. The van der Waals surface area contributed by atoms with Crippen molar-refractivity contribution in [1.29, 1.82) is 0 Å². The normalized spacial score (nSPS) is 25.4. The molecule has 0 aromatic heterocycles. The summed E-state index contributed by atoms with van der Waals surface area (Å²) in [6.07, 6.45) is 2.56. The summed E-state index contributed by atoms with van der Waals surface area (Å²) in [5.74, 6) is 0.0325. The number of allylic oxidation sites excluding steroid dienone is 1. The van der Waals surface area contributed by atoms with E-state index in [0.717, 1.165) is 12.1 Å². The number of carbonyl (C=O) groups is 1. The first-order valence-electron chi connectivity index (χ1n) is 7.49. The molecule has 1 fully saturated rings. The summed E-state index contributed by atoms with van der Waals surface area (Å²) in [7, 11) is 0. The molecule has 2 heterocycles. The van der Waals surface area contributed by atoms with Gasteiger partial charge in [-0.05, 0) is 23.5 Å². The maximum absolute atomic E-state index is 12.0. The number of nitrogens with zero attached hydrogens (tertiary/aromatic N) is 1. The van der Waals surface area contributed by atoms with Crippen LogP contribution in [0.15, 0.2) is 36.0 Å². The largest absolute Gasteiger partial charge is 0.367 e. The molecule has 2 N–H and O–H groups in total. The highest BCUT2D eigenvalue weighted by molar-refractivity contribution is 5.89. The summed E-state index contributed by atoms with van der Waals surface area (Å²) in [6, 6.07) is 8.89. The van der Waals surface area contributed by atoms with Crippen molar-refractivity contribution in [2.24, 2.45) is 0 Å². The zero-order chi connectivity index (χ0) is 15.2. The average Bonchev–Trinajstić information content (AvgIpc) is 2.82. The Morgan fingerprint density at radius 1 is 1.19 bits per heavy atom. The van der Waals surface area contributed by atoms with Gasteiger partial charge in [-0.25, -0.2) is 5.43 Å². The number of amides is 1. The molecule has 0 spiro atoms. The number of carbonyl (C=O) groups excluding carboxylic acids is 1. The first-order valence-corrected chi connectivity index (χ1v) is 7.49. The fraction of sp³-hybridized carbons (Fsp3) is 0.471. The van der Waals surface area contributed by atoms with Crippen molar-refractivity contribution in [3.05, 3.63) is 47.2 Å². The van der Waals surface area contributed by atoms with Gasteiger partial charge < -0.3 is 5.32 Å². The number of benzene rings is 1. The molecule has 2 unspecified atom stereocenters. The molecule has 2 aliphatic rings. The quantitative estimate of drug-likeness (QED) is 0.833. The Hall–Kier alpha value is -1.81. The van der Waals surface area contributed by atoms with Gasteiger partial charge in [0.25, 0.3) is 5.91 Å². The van der Waals surface area contributed by atoms with Crippen LogP contribution in [0.2, 0.25) is 0 Å². The maximum atomic E-state index is 12.0. The van der Waals surface area contributed by atoms with Gasteiger partial charge in [0.1, 0.15) is 6.17 Å². The fourth-order valence-electron chi connectivity index (χ4n) is 2.97. The van der Waals surface area contributed by atoms with E-state index in [4.69, 9.17) is 0 Å². The Kier molecular flexibility index (Phi) is 3.29. The van der Waals surface area contributed by atoms with Crippen molar-refractivity contribution in [1.82, 2.24) is 15.8 Å². The summed E-state index contributed by atoms with van der Waals surface area (Å²) in [5.41, 5.74) is 6.97. The van der Waals surface area contributed by atoms with Crippen molar-refractivity contribution in [2.75, 3.05) is 0 Å². The number of hydrazine groups is 1. The molecule has 0 saturated carbocycles. The summed E-state index contributed by atoms with van der Waals surface area (Å²) in [6.45, 7) is 8.58. The van der Waals surface area contributed by atoms with Crippen LogP contribution in [0.3, 0.4) is 0 Å². The van der Waals surface area contributed by atoms with Crippen LogP contribution >= 0.6 is 0 Å². The second-order valence-corrected chi connectivity index (χ2v) is 6.99. The SMILES string of the molecule is CC1=CC(=O)N2NC(c3ccc(C(C)(C)C)cc3)CC2N1. The van der Waals surface area contributed by atoms with E-state index in [1.54, 1.807) is 11.1 Å².